The standard InChI is InChI=1S/C12H18N2O3S/c15-11(10-8-13-14-18-10)9-1-4-17-12(7-9)2-5-16-6-3-12/h8-9,11,15H,1-7H2. The van der Waals surface area contributed by atoms with Crippen LogP contribution in [0.4, 0.5) is 0 Å². The molecule has 0 aliphatic carbocycles. The van der Waals surface area contributed by atoms with Crippen LogP contribution < -0.4 is 0 Å². The van der Waals surface area contributed by atoms with Crippen molar-refractivity contribution in [1.29, 1.82) is 0 Å². The maximum atomic E-state index is 10.4. The first-order chi connectivity index (χ1) is 8.79. The van der Waals surface area contributed by atoms with E-state index in [1.165, 1.54) is 11.5 Å². The van der Waals surface area contributed by atoms with Crippen LogP contribution in [-0.2, 0) is 9.47 Å². The van der Waals surface area contributed by atoms with Gasteiger partial charge < -0.3 is 14.6 Å². The summed E-state index contributed by atoms with van der Waals surface area (Å²) in [6, 6.07) is 0. The second-order valence-corrected chi connectivity index (χ2v) is 5.98. The molecule has 0 bridgehead atoms. The largest absolute Gasteiger partial charge is 0.387 e. The fourth-order valence-corrected chi connectivity index (χ4v) is 3.55. The van der Waals surface area contributed by atoms with Gasteiger partial charge in [0.15, 0.2) is 0 Å². The molecule has 6 heteroatoms. The number of aliphatic hydroxyl groups excluding tert-OH is 1. The third-order valence-corrected chi connectivity index (χ3v) is 4.79. The van der Waals surface area contributed by atoms with E-state index >= 15 is 0 Å². The Morgan fingerprint density at radius 2 is 2.22 bits per heavy atom. The van der Waals surface area contributed by atoms with Crippen LogP contribution in [0, 0.1) is 5.92 Å². The average molecular weight is 270 g/mol. The van der Waals surface area contributed by atoms with Gasteiger partial charge in [0.1, 0.15) is 0 Å². The van der Waals surface area contributed by atoms with Crippen molar-refractivity contribution < 1.29 is 14.6 Å². The number of hydrogen-bond donors (Lipinski definition) is 1. The minimum Gasteiger partial charge on any atom is -0.387 e. The summed E-state index contributed by atoms with van der Waals surface area (Å²) < 4.78 is 15.2. The highest BCUT2D eigenvalue weighted by Crippen LogP contribution is 2.42. The van der Waals surface area contributed by atoms with Crippen molar-refractivity contribution >= 4 is 11.5 Å². The van der Waals surface area contributed by atoms with E-state index in [-0.39, 0.29) is 11.5 Å². The Balaban J connectivity index is 1.70. The summed E-state index contributed by atoms with van der Waals surface area (Å²) in [6.07, 6.45) is 4.92. The molecule has 18 heavy (non-hydrogen) atoms. The van der Waals surface area contributed by atoms with Crippen molar-refractivity contribution in [2.45, 2.75) is 37.4 Å². The summed E-state index contributed by atoms with van der Waals surface area (Å²) in [5, 5.41) is 14.2. The molecule has 0 radical (unpaired) electrons. The molecule has 0 amide bonds. The molecule has 1 N–H and O–H groups in total. The summed E-state index contributed by atoms with van der Waals surface area (Å²) in [6.45, 7) is 2.27. The van der Waals surface area contributed by atoms with Crippen LogP contribution in [-0.4, -0.2) is 40.1 Å². The van der Waals surface area contributed by atoms with E-state index in [1.54, 1.807) is 6.20 Å². The summed E-state index contributed by atoms with van der Waals surface area (Å²) in [5.74, 6) is 0.249. The van der Waals surface area contributed by atoms with Gasteiger partial charge in [-0.3, -0.25) is 0 Å². The first kappa shape index (κ1) is 12.5. The Labute approximate surface area is 110 Å². The van der Waals surface area contributed by atoms with Gasteiger partial charge in [-0.25, -0.2) is 0 Å². The van der Waals surface area contributed by atoms with Gasteiger partial charge >= 0.3 is 0 Å². The third kappa shape index (κ3) is 2.42. The first-order valence-electron chi connectivity index (χ1n) is 6.46. The number of aliphatic hydroxyl groups is 1. The van der Waals surface area contributed by atoms with Crippen LogP contribution in [0.5, 0.6) is 0 Å². The lowest BCUT2D eigenvalue weighted by Crippen LogP contribution is -2.45. The van der Waals surface area contributed by atoms with E-state index in [2.05, 4.69) is 9.59 Å². The lowest BCUT2D eigenvalue weighted by Gasteiger charge is -2.44. The maximum absolute atomic E-state index is 10.4. The van der Waals surface area contributed by atoms with Gasteiger partial charge in [0.05, 0.1) is 22.8 Å². The van der Waals surface area contributed by atoms with Gasteiger partial charge in [-0.15, -0.1) is 5.10 Å². The van der Waals surface area contributed by atoms with E-state index < -0.39 is 6.10 Å². The highest BCUT2D eigenvalue weighted by Gasteiger charge is 2.41. The summed E-state index contributed by atoms with van der Waals surface area (Å²) in [5.41, 5.74) is -0.0692. The van der Waals surface area contributed by atoms with E-state index in [0.29, 0.717) is 0 Å². The quantitative estimate of drug-likeness (QED) is 0.883. The molecule has 1 spiro atoms. The van der Waals surface area contributed by atoms with Gasteiger partial charge in [-0.1, -0.05) is 4.49 Å². The van der Waals surface area contributed by atoms with Crippen LogP contribution in [0.2, 0.25) is 0 Å². The topological polar surface area (TPSA) is 64.5 Å². The second-order valence-electron chi connectivity index (χ2n) is 5.16. The van der Waals surface area contributed by atoms with E-state index in [4.69, 9.17) is 9.47 Å². The number of aromatic nitrogens is 2. The SMILES string of the molecule is OC(c1cnns1)C1CCOC2(CCOCC2)C1. The highest BCUT2D eigenvalue weighted by molar-refractivity contribution is 7.05. The molecule has 3 heterocycles. The monoisotopic (exact) mass is 270 g/mol. The zero-order valence-corrected chi connectivity index (χ0v) is 11.1. The molecule has 0 saturated carbocycles. The zero-order chi connectivity index (χ0) is 12.4. The molecule has 1 aromatic rings. The predicted molar refractivity (Wildman–Crippen MR) is 66.3 cm³/mol. The van der Waals surface area contributed by atoms with Crippen molar-refractivity contribution in [3.8, 4) is 0 Å². The molecule has 5 nitrogen and oxygen atoms in total. The molecule has 100 valence electrons. The molecular weight excluding hydrogens is 252 g/mol. The minimum atomic E-state index is -0.450. The maximum Gasteiger partial charge on any atom is 0.0944 e. The number of ether oxygens (including phenoxy) is 2. The van der Waals surface area contributed by atoms with E-state index in [0.717, 1.165) is 50.4 Å². The number of hydrogen-bond acceptors (Lipinski definition) is 6. The number of nitrogens with zero attached hydrogens (tertiary/aromatic N) is 2. The highest BCUT2D eigenvalue weighted by atomic mass is 32.1. The van der Waals surface area contributed by atoms with Crippen LogP contribution in [0.3, 0.4) is 0 Å². The van der Waals surface area contributed by atoms with E-state index in [9.17, 15) is 5.11 Å². The second kappa shape index (κ2) is 5.21. The van der Waals surface area contributed by atoms with Gasteiger partial charge in [0, 0.05) is 19.8 Å². The summed E-state index contributed by atoms with van der Waals surface area (Å²) >= 11 is 1.28. The molecule has 3 rings (SSSR count). The molecule has 2 aliphatic rings. The fourth-order valence-electron chi connectivity index (χ4n) is 2.96. The number of rotatable bonds is 2. The van der Waals surface area contributed by atoms with Crippen molar-refractivity contribution in [2.75, 3.05) is 19.8 Å². The van der Waals surface area contributed by atoms with E-state index in [1.807, 2.05) is 0 Å². The molecule has 2 aliphatic heterocycles. The van der Waals surface area contributed by atoms with Gasteiger partial charge in [0.2, 0.25) is 0 Å². The molecule has 2 atom stereocenters. The molecule has 2 fully saturated rings. The predicted octanol–water partition coefficient (Wildman–Crippen LogP) is 1.55. The summed E-state index contributed by atoms with van der Waals surface area (Å²) in [4.78, 5) is 0.865. The minimum absolute atomic E-state index is 0.0692. The van der Waals surface area contributed by atoms with Crippen LogP contribution in [0.15, 0.2) is 6.20 Å². The van der Waals surface area contributed by atoms with Gasteiger partial charge in [0.25, 0.3) is 0 Å². The molecule has 2 saturated heterocycles. The molecular formula is C12H18N2O3S. The van der Waals surface area contributed by atoms with Crippen LogP contribution in [0.25, 0.3) is 0 Å². The first-order valence-corrected chi connectivity index (χ1v) is 7.23. The lowest BCUT2D eigenvalue weighted by atomic mass is 9.78. The Hall–Kier alpha value is -0.560. The molecule has 1 aromatic heterocycles. The van der Waals surface area contributed by atoms with Crippen LogP contribution in [0.1, 0.15) is 36.7 Å². The average Bonchev–Trinajstić information content (AvgIpc) is 2.93. The third-order valence-electron chi connectivity index (χ3n) is 4.05. The van der Waals surface area contributed by atoms with Crippen molar-refractivity contribution in [1.82, 2.24) is 9.59 Å². The summed E-state index contributed by atoms with van der Waals surface area (Å²) in [7, 11) is 0. The Bertz CT molecular complexity index is 373. The lowest BCUT2D eigenvalue weighted by molar-refractivity contribution is -0.158. The Morgan fingerprint density at radius 1 is 1.39 bits per heavy atom. The molecule has 2 unspecified atom stereocenters. The van der Waals surface area contributed by atoms with Crippen molar-refractivity contribution in [2.24, 2.45) is 5.92 Å². The smallest absolute Gasteiger partial charge is 0.0944 e. The van der Waals surface area contributed by atoms with Crippen molar-refractivity contribution in [3.63, 3.8) is 0 Å². The van der Waals surface area contributed by atoms with Gasteiger partial charge in [-0.05, 0) is 43.1 Å². The zero-order valence-electron chi connectivity index (χ0n) is 10.2. The van der Waals surface area contributed by atoms with Crippen molar-refractivity contribution in [3.05, 3.63) is 11.1 Å². The molecule has 0 aromatic carbocycles. The van der Waals surface area contributed by atoms with Gasteiger partial charge in [-0.2, -0.15) is 0 Å². The fraction of sp³-hybridized carbons (Fsp3) is 0.833. The Morgan fingerprint density at radius 3 is 2.94 bits per heavy atom. The van der Waals surface area contributed by atoms with Crippen LogP contribution >= 0.6 is 11.5 Å². The normalized spacial score (nSPS) is 29.3. The Kier molecular flexibility index (Phi) is 3.61.